The van der Waals surface area contributed by atoms with Crippen LogP contribution in [0.4, 0.5) is 10.5 Å². The predicted octanol–water partition coefficient (Wildman–Crippen LogP) is 4.99. The van der Waals surface area contributed by atoms with Crippen LogP contribution >= 0.6 is 23.2 Å². The van der Waals surface area contributed by atoms with Gasteiger partial charge in [-0.25, -0.2) is 4.79 Å². The van der Waals surface area contributed by atoms with E-state index in [1.165, 1.54) is 12.1 Å². The van der Waals surface area contributed by atoms with Gasteiger partial charge in [-0.05, 0) is 37.3 Å². The molecule has 0 fully saturated rings. The molecule has 0 saturated heterocycles. The molecule has 2 aromatic rings. The highest BCUT2D eigenvalue weighted by Gasteiger charge is 2.17. The van der Waals surface area contributed by atoms with E-state index >= 15 is 0 Å². The molecule has 0 radical (unpaired) electrons. The Hall–Kier alpha value is -1.91. The van der Waals surface area contributed by atoms with E-state index < -0.39 is 12.4 Å². The average Bonchev–Trinajstić information content (AvgIpc) is 2.50. The van der Waals surface area contributed by atoms with Crippen LogP contribution in [0.5, 0.6) is 5.75 Å². The second-order valence-corrected chi connectivity index (χ2v) is 5.43. The molecular weight excluding hydrogens is 325 g/mol. The number of rotatable bonds is 4. The second kappa shape index (κ2) is 7.38. The largest absolute Gasteiger partial charge is 0.515 e. The van der Waals surface area contributed by atoms with Crippen LogP contribution in [0, 0.1) is 0 Å². The Bertz CT molecular complexity index is 649. The van der Waals surface area contributed by atoms with E-state index in [4.69, 9.17) is 32.7 Å². The van der Waals surface area contributed by atoms with Gasteiger partial charge in [0.2, 0.25) is 0 Å². The van der Waals surface area contributed by atoms with Crippen molar-refractivity contribution in [1.29, 1.82) is 0 Å². The molecule has 1 atom stereocenters. The summed E-state index contributed by atoms with van der Waals surface area (Å²) in [6, 6.07) is 14.1. The van der Waals surface area contributed by atoms with Crippen LogP contribution in [0.1, 0.15) is 6.92 Å². The molecule has 6 heteroatoms. The van der Waals surface area contributed by atoms with Crippen molar-refractivity contribution in [3.63, 3.8) is 0 Å². The smallest absolute Gasteiger partial charge is 0.410 e. The summed E-state index contributed by atoms with van der Waals surface area (Å²) in [7, 11) is 1.82. The van der Waals surface area contributed by atoms with Crippen LogP contribution in [-0.4, -0.2) is 19.4 Å². The van der Waals surface area contributed by atoms with E-state index in [2.05, 4.69) is 0 Å². The van der Waals surface area contributed by atoms with Crippen molar-refractivity contribution >= 4 is 35.0 Å². The van der Waals surface area contributed by atoms with E-state index in [0.717, 1.165) is 5.69 Å². The van der Waals surface area contributed by atoms with Crippen LogP contribution in [0.3, 0.4) is 0 Å². The zero-order chi connectivity index (χ0) is 16.1. The molecule has 0 amide bonds. The lowest BCUT2D eigenvalue weighted by atomic mass is 10.3. The first-order valence-corrected chi connectivity index (χ1v) is 7.34. The van der Waals surface area contributed by atoms with Gasteiger partial charge in [-0.1, -0.05) is 41.4 Å². The molecule has 0 spiro atoms. The quantitative estimate of drug-likeness (QED) is 0.446. The van der Waals surface area contributed by atoms with Gasteiger partial charge < -0.3 is 14.4 Å². The topological polar surface area (TPSA) is 38.8 Å². The molecule has 22 heavy (non-hydrogen) atoms. The predicted molar refractivity (Wildman–Crippen MR) is 87.9 cm³/mol. The standard InChI is InChI=1S/C16H15Cl2NO3/c1-11(19(2)13-6-4-3-5-7-13)21-16(20)22-15-9-8-12(17)10-14(15)18/h3-11H,1-2H3. The number of halogens is 2. The van der Waals surface area contributed by atoms with Crippen molar-refractivity contribution in [2.75, 3.05) is 11.9 Å². The molecule has 1 unspecified atom stereocenters. The van der Waals surface area contributed by atoms with Crippen LogP contribution < -0.4 is 9.64 Å². The first-order valence-electron chi connectivity index (χ1n) is 6.59. The van der Waals surface area contributed by atoms with Gasteiger partial charge in [0, 0.05) is 17.8 Å². The lowest BCUT2D eigenvalue weighted by molar-refractivity contribution is 0.0662. The summed E-state index contributed by atoms with van der Waals surface area (Å²) in [4.78, 5) is 13.6. The Morgan fingerprint density at radius 2 is 1.82 bits per heavy atom. The molecule has 0 heterocycles. The highest BCUT2D eigenvalue weighted by Crippen LogP contribution is 2.28. The SMILES string of the molecule is CC(OC(=O)Oc1ccc(Cl)cc1Cl)N(C)c1ccccc1. The highest BCUT2D eigenvalue weighted by molar-refractivity contribution is 6.35. The molecule has 116 valence electrons. The Balaban J connectivity index is 1.96. The number of carbonyl (C=O) groups is 1. The minimum atomic E-state index is -0.834. The Kier molecular flexibility index (Phi) is 5.52. The Morgan fingerprint density at radius 3 is 2.45 bits per heavy atom. The maximum Gasteiger partial charge on any atom is 0.515 e. The summed E-state index contributed by atoms with van der Waals surface area (Å²) in [5, 5.41) is 0.705. The maximum atomic E-state index is 11.8. The summed E-state index contributed by atoms with van der Waals surface area (Å²) in [5.41, 5.74) is 0.923. The monoisotopic (exact) mass is 339 g/mol. The number of para-hydroxylation sites is 1. The lowest BCUT2D eigenvalue weighted by Crippen LogP contribution is -2.34. The molecule has 0 N–H and O–H groups in total. The molecule has 0 bridgehead atoms. The summed E-state index contributed by atoms with van der Waals surface area (Å²) >= 11 is 11.7. The van der Waals surface area contributed by atoms with Gasteiger partial charge in [-0.2, -0.15) is 0 Å². The zero-order valence-corrected chi connectivity index (χ0v) is 13.6. The van der Waals surface area contributed by atoms with Crippen molar-refractivity contribution < 1.29 is 14.3 Å². The average molecular weight is 340 g/mol. The van der Waals surface area contributed by atoms with Crippen molar-refractivity contribution in [2.45, 2.75) is 13.2 Å². The number of benzene rings is 2. The van der Waals surface area contributed by atoms with Gasteiger partial charge >= 0.3 is 6.16 Å². The van der Waals surface area contributed by atoms with E-state index in [9.17, 15) is 4.79 Å². The van der Waals surface area contributed by atoms with E-state index in [1.807, 2.05) is 42.3 Å². The van der Waals surface area contributed by atoms with Crippen LogP contribution in [-0.2, 0) is 4.74 Å². The molecule has 4 nitrogen and oxygen atoms in total. The normalized spacial score (nSPS) is 11.6. The number of anilines is 1. The number of carbonyl (C=O) groups excluding carboxylic acids is 1. The van der Waals surface area contributed by atoms with Gasteiger partial charge in [0.15, 0.2) is 12.0 Å². The maximum absolute atomic E-state index is 11.8. The Labute approximate surface area is 139 Å². The number of hydrogen-bond acceptors (Lipinski definition) is 4. The van der Waals surface area contributed by atoms with Crippen LogP contribution in [0.2, 0.25) is 10.0 Å². The van der Waals surface area contributed by atoms with Crippen LogP contribution in [0.15, 0.2) is 48.5 Å². The summed E-state index contributed by atoms with van der Waals surface area (Å²) < 4.78 is 10.3. The summed E-state index contributed by atoms with van der Waals surface area (Å²) in [6.07, 6.45) is -1.33. The molecule has 2 aromatic carbocycles. The van der Waals surface area contributed by atoms with Crippen LogP contribution in [0.25, 0.3) is 0 Å². The van der Waals surface area contributed by atoms with E-state index in [1.54, 1.807) is 13.0 Å². The molecule has 0 aliphatic carbocycles. The van der Waals surface area contributed by atoms with Crippen molar-refractivity contribution in [1.82, 2.24) is 0 Å². The van der Waals surface area contributed by atoms with Gasteiger partial charge in [-0.15, -0.1) is 0 Å². The summed E-state index contributed by atoms with van der Waals surface area (Å²) in [6.45, 7) is 1.75. The third kappa shape index (κ3) is 4.29. The molecule has 0 aliphatic heterocycles. The zero-order valence-electron chi connectivity index (χ0n) is 12.1. The number of ether oxygens (including phenoxy) is 2. The fourth-order valence-corrected chi connectivity index (χ4v) is 2.21. The summed E-state index contributed by atoms with van der Waals surface area (Å²) in [5.74, 6) is 0.200. The van der Waals surface area contributed by atoms with Crippen molar-refractivity contribution in [3.05, 3.63) is 58.6 Å². The van der Waals surface area contributed by atoms with Crippen molar-refractivity contribution in [3.8, 4) is 5.75 Å². The minimum Gasteiger partial charge on any atom is -0.410 e. The first kappa shape index (κ1) is 16.5. The molecule has 0 saturated carbocycles. The first-order chi connectivity index (χ1) is 10.5. The van der Waals surface area contributed by atoms with Gasteiger partial charge in [0.1, 0.15) is 0 Å². The minimum absolute atomic E-state index is 0.200. The molecule has 2 rings (SSSR count). The molecule has 0 aliphatic rings. The fourth-order valence-electron chi connectivity index (χ4n) is 1.76. The van der Waals surface area contributed by atoms with Gasteiger partial charge in [0.25, 0.3) is 0 Å². The van der Waals surface area contributed by atoms with Crippen molar-refractivity contribution in [2.24, 2.45) is 0 Å². The second-order valence-electron chi connectivity index (χ2n) is 4.59. The lowest BCUT2D eigenvalue weighted by Gasteiger charge is -2.26. The fraction of sp³-hybridized carbons (Fsp3) is 0.188. The van der Waals surface area contributed by atoms with E-state index in [0.29, 0.717) is 5.02 Å². The number of nitrogens with zero attached hydrogens (tertiary/aromatic N) is 1. The Morgan fingerprint density at radius 1 is 1.14 bits per heavy atom. The van der Waals surface area contributed by atoms with Gasteiger partial charge in [0.05, 0.1) is 5.02 Å². The van der Waals surface area contributed by atoms with E-state index in [-0.39, 0.29) is 10.8 Å². The third-order valence-electron chi connectivity index (χ3n) is 3.06. The number of hydrogen-bond donors (Lipinski definition) is 0. The van der Waals surface area contributed by atoms with Gasteiger partial charge in [-0.3, -0.25) is 0 Å². The highest BCUT2D eigenvalue weighted by atomic mass is 35.5. The molecule has 0 aromatic heterocycles. The molecular formula is C16H15Cl2NO3. The third-order valence-corrected chi connectivity index (χ3v) is 3.59.